The molecule has 130 valence electrons. The Labute approximate surface area is 143 Å². The molecule has 1 heterocycles. The van der Waals surface area contributed by atoms with Gasteiger partial charge in [0.15, 0.2) is 0 Å². The quantitative estimate of drug-likeness (QED) is 0.691. The van der Waals surface area contributed by atoms with Gasteiger partial charge in [-0.2, -0.15) is 13.2 Å². The van der Waals surface area contributed by atoms with Gasteiger partial charge in [-0.05, 0) is 44.0 Å². The summed E-state index contributed by atoms with van der Waals surface area (Å²) >= 11 is 5.85. The third-order valence-corrected chi connectivity index (χ3v) is 3.95. The Bertz CT molecular complexity index is 749. The number of rotatable bonds is 4. The zero-order valence-corrected chi connectivity index (χ0v) is 14.3. The van der Waals surface area contributed by atoms with E-state index in [1.807, 2.05) is 0 Å². The van der Waals surface area contributed by atoms with E-state index in [0.717, 1.165) is 4.57 Å². The zero-order valence-electron chi connectivity index (χ0n) is 13.5. The number of ether oxygens (including phenoxy) is 1. The maximum absolute atomic E-state index is 13.5. The van der Waals surface area contributed by atoms with Crippen LogP contribution in [-0.2, 0) is 17.5 Å². The summed E-state index contributed by atoms with van der Waals surface area (Å²) in [7, 11) is 0. The number of carbonyl (C=O) groups is 1. The van der Waals surface area contributed by atoms with Crippen molar-refractivity contribution in [1.82, 2.24) is 4.57 Å². The minimum absolute atomic E-state index is 0.00256. The van der Waals surface area contributed by atoms with Gasteiger partial charge in [0.1, 0.15) is 11.4 Å². The van der Waals surface area contributed by atoms with E-state index in [1.165, 1.54) is 6.92 Å². The molecule has 24 heavy (non-hydrogen) atoms. The fourth-order valence-corrected chi connectivity index (χ4v) is 2.93. The van der Waals surface area contributed by atoms with Crippen LogP contribution in [0.25, 0.3) is 11.1 Å². The second kappa shape index (κ2) is 6.89. The van der Waals surface area contributed by atoms with E-state index >= 15 is 0 Å². The molecule has 0 fully saturated rings. The van der Waals surface area contributed by atoms with Crippen LogP contribution in [-0.4, -0.2) is 17.1 Å². The molecule has 0 saturated carbocycles. The van der Waals surface area contributed by atoms with Gasteiger partial charge in [0.05, 0.1) is 6.61 Å². The van der Waals surface area contributed by atoms with Crippen molar-refractivity contribution in [3.8, 4) is 11.1 Å². The van der Waals surface area contributed by atoms with Crippen molar-refractivity contribution in [2.75, 3.05) is 6.61 Å². The summed E-state index contributed by atoms with van der Waals surface area (Å²) in [4.78, 5) is 12.3. The SMILES string of the molecule is CCOC(=O)c1c(-c2ccc(Cl)cc2)c(C)c(C(F)(F)F)n1CC. The van der Waals surface area contributed by atoms with Crippen LogP contribution in [0.15, 0.2) is 24.3 Å². The van der Waals surface area contributed by atoms with Gasteiger partial charge in [0.2, 0.25) is 0 Å². The summed E-state index contributed by atoms with van der Waals surface area (Å²) in [5.74, 6) is -0.775. The number of alkyl halides is 3. The smallest absolute Gasteiger partial charge is 0.431 e. The van der Waals surface area contributed by atoms with E-state index in [9.17, 15) is 18.0 Å². The van der Waals surface area contributed by atoms with E-state index in [2.05, 4.69) is 0 Å². The molecule has 0 amide bonds. The maximum atomic E-state index is 13.5. The largest absolute Gasteiger partial charge is 0.461 e. The topological polar surface area (TPSA) is 31.2 Å². The average molecular weight is 360 g/mol. The van der Waals surface area contributed by atoms with Gasteiger partial charge >= 0.3 is 12.1 Å². The van der Waals surface area contributed by atoms with E-state index in [0.29, 0.717) is 10.6 Å². The third kappa shape index (κ3) is 3.29. The molecule has 0 unspecified atom stereocenters. The van der Waals surface area contributed by atoms with Gasteiger partial charge in [0, 0.05) is 17.1 Å². The fourth-order valence-electron chi connectivity index (χ4n) is 2.81. The number of aromatic nitrogens is 1. The normalized spacial score (nSPS) is 11.6. The number of carbonyl (C=O) groups excluding carboxylic acids is 1. The predicted octanol–water partition coefficient (Wildman–Crippen LogP) is 5.33. The van der Waals surface area contributed by atoms with Gasteiger partial charge < -0.3 is 9.30 Å². The second-order valence-electron chi connectivity index (χ2n) is 5.17. The summed E-state index contributed by atoms with van der Waals surface area (Å²) in [6, 6.07) is 6.32. The summed E-state index contributed by atoms with van der Waals surface area (Å²) in [5.41, 5.74) is -0.226. The monoisotopic (exact) mass is 359 g/mol. The van der Waals surface area contributed by atoms with Crippen LogP contribution in [0, 0.1) is 6.92 Å². The lowest BCUT2D eigenvalue weighted by molar-refractivity contribution is -0.144. The minimum Gasteiger partial charge on any atom is -0.461 e. The van der Waals surface area contributed by atoms with Crippen LogP contribution in [0.3, 0.4) is 0 Å². The molecule has 0 aliphatic carbocycles. The lowest BCUT2D eigenvalue weighted by atomic mass is 10.0. The standard InChI is InChI=1S/C17H17ClF3NO2/c1-4-22-14(16(23)24-5-2)13(10(3)15(22)17(19,20)21)11-6-8-12(18)9-7-11/h6-9H,4-5H2,1-3H3. The van der Waals surface area contributed by atoms with Crippen LogP contribution in [0.1, 0.15) is 35.6 Å². The molecule has 2 aromatic rings. The van der Waals surface area contributed by atoms with Crippen molar-refractivity contribution >= 4 is 17.6 Å². The number of halogens is 4. The first-order valence-electron chi connectivity index (χ1n) is 7.45. The van der Waals surface area contributed by atoms with Crippen molar-refractivity contribution in [1.29, 1.82) is 0 Å². The van der Waals surface area contributed by atoms with Gasteiger partial charge in [-0.25, -0.2) is 4.79 Å². The Morgan fingerprint density at radius 1 is 1.21 bits per heavy atom. The van der Waals surface area contributed by atoms with E-state index in [4.69, 9.17) is 16.3 Å². The number of nitrogens with zero attached hydrogens (tertiary/aromatic N) is 1. The van der Waals surface area contributed by atoms with Gasteiger partial charge in [-0.15, -0.1) is 0 Å². The summed E-state index contributed by atoms with van der Waals surface area (Å²) in [6.45, 7) is 4.60. The summed E-state index contributed by atoms with van der Waals surface area (Å²) in [5, 5.41) is 0.458. The van der Waals surface area contributed by atoms with Gasteiger partial charge in [0.25, 0.3) is 0 Å². The molecule has 1 aromatic heterocycles. The fraction of sp³-hybridized carbons (Fsp3) is 0.353. The van der Waals surface area contributed by atoms with Crippen molar-refractivity contribution in [3.63, 3.8) is 0 Å². The average Bonchev–Trinajstić information content (AvgIpc) is 2.81. The Kier molecular flexibility index (Phi) is 5.28. The molecule has 0 atom stereocenters. The van der Waals surface area contributed by atoms with Gasteiger partial charge in [-0.1, -0.05) is 23.7 Å². The highest BCUT2D eigenvalue weighted by Crippen LogP contribution is 2.41. The molecule has 2 rings (SSSR count). The van der Waals surface area contributed by atoms with E-state index in [-0.39, 0.29) is 30.0 Å². The van der Waals surface area contributed by atoms with Gasteiger partial charge in [-0.3, -0.25) is 0 Å². The number of hydrogen-bond donors (Lipinski definition) is 0. The number of hydrogen-bond acceptors (Lipinski definition) is 2. The molecular weight excluding hydrogens is 343 g/mol. The molecule has 3 nitrogen and oxygen atoms in total. The summed E-state index contributed by atoms with van der Waals surface area (Å²) in [6.07, 6.45) is -4.58. The molecule has 0 spiro atoms. The molecule has 0 aliphatic rings. The van der Waals surface area contributed by atoms with Crippen LogP contribution in [0.4, 0.5) is 13.2 Å². The molecule has 0 radical (unpaired) electrons. The minimum atomic E-state index is -4.58. The van der Waals surface area contributed by atoms with Crippen LogP contribution < -0.4 is 0 Å². The highest BCUT2D eigenvalue weighted by atomic mass is 35.5. The molecule has 7 heteroatoms. The van der Waals surface area contributed by atoms with E-state index in [1.54, 1.807) is 38.1 Å². The maximum Gasteiger partial charge on any atom is 0.431 e. The first kappa shape index (κ1) is 18.4. The van der Waals surface area contributed by atoms with Crippen molar-refractivity contribution in [3.05, 3.63) is 46.2 Å². The Balaban J connectivity index is 2.83. The Hall–Kier alpha value is -1.95. The number of esters is 1. The van der Waals surface area contributed by atoms with Crippen molar-refractivity contribution in [2.45, 2.75) is 33.5 Å². The molecule has 0 N–H and O–H groups in total. The highest BCUT2D eigenvalue weighted by molar-refractivity contribution is 6.30. The Morgan fingerprint density at radius 3 is 2.25 bits per heavy atom. The predicted molar refractivity (Wildman–Crippen MR) is 86.2 cm³/mol. The van der Waals surface area contributed by atoms with Crippen molar-refractivity contribution in [2.24, 2.45) is 0 Å². The first-order valence-corrected chi connectivity index (χ1v) is 7.83. The summed E-state index contributed by atoms with van der Waals surface area (Å²) < 4.78 is 46.5. The van der Waals surface area contributed by atoms with Crippen LogP contribution in [0.2, 0.25) is 5.02 Å². The van der Waals surface area contributed by atoms with Crippen LogP contribution >= 0.6 is 11.6 Å². The molecular formula is C17H17ClF3NO2. The molecule has 0 aliphatic heterocycles. The van der Waals surface area contributed by atoms with Crippen LogP contribution in [0.5, 0.6) is 0 Å². The highest BCUT2D eigenvalue weighted by Gasteiger charge is 2.40. The molecule has 0 bridgehead atoms. The third-order valence-electron chi connectivity index (χ3n) is 3.69. The lowest BCUT2D eigenvalue weighted by Gasteiger charge is -2.13. The Morgan fingerprint density at radius 2 is 1.79 bits per heavy atom. The zero-order chi connectivity index (χ0) is 18.1. The lowest BCUT2D eigenvalue weighted by Crippen LogP contribution is -2.18. The number of benzene rings is 1. The molecule has 0 saturated heterocycles. The second-order valence-corrected chi connectivity index (χ2v) is 5.60. The molecule has 1 aromatic carbocycles. The van der Waals surface area contributed by atoms with Crippen molar-refractivity contribution < 1.29 is 22.7 Å². The van der Waals surface area contributed by atoms with E-state index < -0.39 is 17.8 Å². The first-order chi connectivity index (χ1) is 11.2.